The van der Waals surface area contributed by atoms with Crippen LogP contribution in [-0.2, 0) is 10.0 Å². The molecular weight excluding hydrogens is 419 g/mol. The molecule has 1 atom stereocenters. The van der Waals surface area contributed by atoms with Crippen LogP contribution in [0.15, 0.2) is 29.3 Å². The van der Waals surface area contributed by atoms with Crippen LogP contribution in [0, 0.1) is 19.7 Å². The van der Waals surface area contributed by atoms with E-state index in [-0.39, 0.29) is 16.4 Å². The van der Waals surface area contributed by atoms with Crippen LogP contribution in [0.1, 0.15) is 65.6 Å². The first-order valence-electron chi connectivity index (χ1n) is 10.7. The van der Waals surface area contributed by atoms with Gasteiger partial charge in [-0.3, -0.25) is 4.79 Å². The lowest BCUT2D eigenvalue weighted by molar-refractivity contribution is 0.0722. The van der Waals surface area contributed by atoms with E-state index in [2.05, 4.69) is 9.97 Å². The molecule has 0 spiro atoms. The highest BCUT2D eigenvalue weighted by Gasteiger charge is 2.38. The summed E-state index contributed by atoms with van der Waals surface area (Å²) in [6, 6.07) is 3.31. The molecule has 2 aliphatic rings. The molecule has 0 N–H and O–H groups in total. The summed E-state index contributed by atoms with van der Waals surface area (Å²) in [7, 11) is -3.82. The summed E-state index contributed by atoms with van der Waals surface area (Å²) in [5, 5.41) is 0. The molecule has 0 radical (unpaired) electrons. The van der Waals surface area contributed by atoms with Crippen molar-refractivity contribution in [1.29, 1.82) is 0 Å². The third-order valence-electron chi connectivity index (χ3n) is 6.11. The van der Waals surface area contributed by atoms with E-state index < -0.39 is 21.9 Å². The zero-order valence-corrected chi connectivity index (χ0v) is 18.7. The Bertz CT molecular complexity index is 1100. The minimum Gasteiger partial charge on any atom is -0.339 e. The summed E-state index contributed by atoms with van der Waals surface area (Å²) in [5.41, 5.74) is 1.30. The molecule has 7 nitrogen and oxygen atoms in total. The van der Waals surface area contributed by atoms with Gasteiger partial charge in [-0.05, 0) is 69.7 Å². The zero-order chi connectivity index (χ0) is 22.2. The lowest BCUT2D eigenvalue weighted by atomic mass is 10.1. The molecule has 1 amide bonds. The van der Waals surface area contributed by atoms with Crippen LogP contribution in [0.25, 0.3) is 0 Å². The average molecular weight is 447 g/mol. The Hall–Kier alpha value is -2.39. The van der Waals surface area contributed by atoms with E-state index in [1.165, 1.54) is 28.7 Å². The van der Waals surface area contributed by atoms with Gasteiger partial charge in [0.1, 0.15) is 11.6 Å². The molecule has 0 unspecified atom stereocenters. The summed E-state index contributed by atoms with van der Waals surface area (Å²) in [4.78, 5) is 23.7. The number of amides is 1. The van der Waals surface area contributed by atoms with Crippen molar-refractivity contribution in [2.24, 2.45) is 0 Å². The molecule has 1 aromatic heterocycles. The van der Waals surface area contributed by atoms with Gasteiger partial charge in [-0.25, -0.2) is 22.8 Å². The number of aromatic nitrogens is 2. The molecule has 2 aromatic rings. The standard InChI is InChI=1S/C22H27FN4O3S/c1-15-13-17(8-9-19(15)23)31(29,30)27-12-6-7-20(27)21-24-14-18(16(2)25-21)22(28)26-10-4-3-5-11-26/h8-9,13-14,20H,3-7,10-12H2,1-2H3/t20-/m1/s1. The highest BCUT2D eigenvalue weighted by molar-refractivity contribution is 7.89. The number of aryl methyl sites for hydroxylation is 2. The highest BCUT2D eigenvalue weighted by atomic mass is 32.2. The Morgan fingerprint density at radius 3 is 2.52 bits per heavy atom. The minimum atomic E-state index is -3.82. The largest absolute Gasteiger partial charge is 0.339 e. The van der Waals surface area contributed by atoms with Crippen molar-refractivity contribution >= 4 is 15.9 Å². The van der Waals surface area contributed by atoms with Crippen LogP contribution in [0.5, 0.6) is 0 Å². The second kappa shape index (κ2) is 8.63. The smallest absolute Gasteiger partial charge is 0.257 e. The second-order valence-corrected chi connectivity index (χ2v) is 10.2. The van der Waals surface area contributed by atoms with E-state index in [0.29, 0.717) is 36.5 Å². The van der Waals surface area contributed by atoms with E-state index in [9.17, 15) is 17.6 Å². The number of hydrogen-bond acceptors (Lipinski definition) is 5. The predicted octanol–water partition coefficient (Wildman–Crippen LogP) is 3.38. The van der Waals surface area contributed by atoms with Gasteiger partial charge in [0.05, 0.1) is 22.2 Å². The second-order valence-electron chi connectivity index (χ2n) is 8.26. The molecule has 3 heterocycles. The van der Waals surface area contributed by atoms with Crippen molar-refractivity contribution < 1.29 is 17.6 Å². The third-order valence-corrected chi connectivity index (χ3v) is 8.01. The van der Waals surface area contributed by atoms with Crippen LogP contribution >= 0.6 is 0 Å². The zero-order valence-electron chi connectivity index (χ0n) is 17.8. The first-order chi connectivity index (χ1) is 14.8. The van der Waals surface area contributed by atoms with E-state index >= 15 is 0 Å². The van der Waals surface area contributed by atoms with E-state index in [1.54, 1.807) is 13.8 Å². The molecule has 0 aliphatic carbocycles. The Kier molecular flexibility index (Phi) is 6.07. The van der Waals surface area contributed by atoms with Crippen LogP contribution in [0.4, 0.5) is 4.39 Å². The lowest BCUT2D eigenvalue weighted by Gasteiger charge is -2.27. The van der Waals surface area contributed by atoms with Crippen LogP contribution < -0.4 is 0 Å². The number of likely N-dealkylation sites (tertiary alicyclic amines) is 1. The fourth-order valence-corrected chi connectivity index (χ4v) is 6.06. The van der Waals surface area contributed by atoms with Crippen LogP contribution in [0.2, 0.25) is 0 Å². The number of benzene rings is 1. The van der Waals surface area contributed by atoms with Crippen molar-refractivity contribution in [3.8, 4) is 0 Å². The Morgan fingerprint density at radius 1 is 1.10 bits per heavy atom. The minimum absolute atomic E-state index is 0.0620. The highest BCUT2D eigenvalue weighted by Crippen LogP contribution is 2.35. The fourth-order valence-electron chi connectivity index (χ4n) is 4.32. The van der Waals surface area contributed by atoms with Crippen molar-refractivity contribution in [3.05, 3.63) is 52.9 Å². The van der Waals surface area contributed by atoms with Gasteiger partial charge < -0.3 is 4.90 Å². The molecule has 4 rings (SSSR count). The maximum absolute atomic E-state index is 13.6. The molecule has 166 valence electrons. The molecule has 9 heteroatoms. The topological polar surface area (TPSA) is 83.5 Å². The number of halogens is 1. The fraction of sp³-hybridized carbons (Fsp3) is 0.500. The SMILES string of the molecule is Cc1cc(S(=O)(=O)N2CCC[C@@H]2c2ncc(C(=O)N3CCCCC3)c(C)n2)ccc1F. The van der Waals surface area contributed by atoms with Crippen molar-refractivity contribution in [1.82, 2.24) is 19.2 Å². The summed E-state index contributed by atoms with van der Waals surface area (Å²) >= 11 is 0. The molecule has 2 saturated heterocycles. The van der Waals surface area contributed by atoms with Gasteiger partial charge in [-0.2, -0.15) is 4.31 Å². The number of sulfonamides is 1. The van der Waals surface area contributed by atoms with E-state index in [4.69, 9.17) is 0 Å². The molecule has 31 heavy (non-hydrogen) atoms. The number of carbonyl (C=O) groups is 1. The molecule has 2 aliphatic heterocycles. The Labute approximate surface area is 182 Å². The number of carbonyl (C=O) groups excluding carboxylic acids is 1. The van der Waals surface area contributed by atoms with Gasteiger partial charge in [-0.1, -0.05) is 0 Å². The number of nitrogens with zero attached hydrogens (tertiary/aromatic N) is 4. The van der Waals surface area contributed by atoms with Gasteiger partial charge in [0, 0.05) is 25.8 Å². The predicted molar refractivity (Wildman–Crippen MR) is 114 cm³/mol. The van der Waals surface area contributed by atoms with Crippen LogP contribution in [0.3, 0.4) is 0 Å². The molecular formula is C22H27FN4O3S. The first-order valence-corrected chi connectivity index (χ1v) is 12.1. The normalized spacial score (nSPS) is 20.2. The number of hydrogen-bond donors (Lipinski definition) is 0. The Morgan fingerprint density at radius 2 is 1.84 bits per heavy atom. The quantitative estimate of drug-likeness (QED) is 0.719. The van der Waals surface area contributed by atoms with Gasteiger partial charge >= 0.3 is 0 Å². The van der Waals surface area contributed by atoms with Gasteiger partial charge in [0.15, 0.2) is 0 Å². The van der Waals surface area contributed by atoms with Crippen LogP contribution in [-0.4, -0.2) is 53.1 Å². The Balaban J connectivity index is 1.60. The molecule has 1 aromatic carbocycles. The third kappa shape index (κ3) is 4.21. The van der Waals surface area contributed by atoms with Crippen molar-refractivity contribution in [2.75, 3.05) is 19.6 Å². The van der Waals surface area contributed by atoms with Crippen molar-refractivity contribution in [2.45, 2.75) is 56.9 Å². The number of piperidine rings is 1. The van der Waals surface area contributed by atoms with Gasteiger partial charge in [-0.15, -0.1) is 0 Å². The van der Waals surface area contributed by atoms with Gasteiger partial charge in [0.25, 0.3) is 5.91 Å². The maximum atomic E-state index is 13.6. The molecule has 2 fully saturated rings. The maximum Gasteiger partial charge on any atom is 0.257 e. The van der Waals surface area contributed by atoms with Crippen molar-refractivity contribution in [3.63, 3.8) is 0 Å². The summed E-state index contributed by atoms with van der Waals surface area (Å²) in [6.07, 6.45) is 5.94. The molecule has 0 bridgehead atoms. The summed E-state index contributed by atoms with van der Waals surface area (Å²) in [5.74, 6) is -0.112. The lowest BCUT2D eigenvalue weighted by Crippen LogP contribution is -2.36. The first kappa shape index (κ1) is 21.8. The summed E-state index contributed by atoms with van der Waals surface area (Å²) < 4.78 is 41.5. The monoisotopic (exact) mass is 446 g/mol. The van der Waals surface area contributed by atoms with E-state index in [1.807, 2.05) is 4.90 Å². The van der Waals surface area contributed by atoms with E-state index in [0.717, 1.165) is 32.4 Å². The van der Waals surface area contributed by atoms with Gasteiger partial charge in [0.2, 0.25) is 10.0 Å². The average Bonchev–Trinajstić information content (AvgIpc) is 3.26. The number of rotatable bonds is 4. The molecule has 0 saturated carbocycles. The summed E-state index contributed by atoms with van der Waals surface area (Å²) in [6.45, 7) is 5.14.